The second kappa shape index (κ2) is 7.68. The Morgan fingerprint density at radius 1 is 1.43 bits per heavy atom. The fourth-order valence-corrected chi connectivity index (χ4v) is 4.18. The van der Waals surface area contributed by atoms with Crippen molar-refractivity contribution in [3.63, 3.8) is 0 Å². The van der Waals surface area contributed by atoms with Gasteiger partial charge < -0.3 is 10.2 Å². The standard InChI is InChI=1S/C16H18N4OS2/c17-6-2-7-20-8-4-12(5-9-20)15(21)19-16-18-13(11-23-16)14-3-1-10-22-14/h1,3,10-12H,2,4-5,7-9H2,(H,18,19,21). The third kappa shape index (κ3) is 4.16. The number of rotatable bonds is 5. The number of aromatic nitrogens is 1. The Morgan fingerprint density at radius 2 is 2.26 bits per heavy atom. The van der Waals surface area contributed by atoms with Gasteiger partial charge in [-0.25, -0.2) is 4.98 Å². The summed E-state index contributed by atoms with van der Waals surface area (Å²) >= 11 is 3.11. The predicted molar refractivity (Wildman–Crippen MR) is 93.5 cm³/mol. The third-order valence-corrected chi connectivity index (χ3v) is 5.66. The molecule has 1 N–H and O–H groups in total. The lowest BCUT2D eigenvalue weighted by molar-refractivity contribution is -0.121. The highest BCUT2D eigenvalue weighted by Gasteiger charge is 2.25. The monoisotopic (exact) mass is 346 g/mol. The molecule has 2 aromatic heterocycles. The Balaban J connectivity index is 1.51. The summed E-state index contributed by atoms with van der Waals surface area (Å²) in [4.78, 5) is 20.2. The number of carbonyl (C=O) groups excluding carboxylic acids is 1. The van der Waals surface area contributed by atoms with Crippen molar-refractivity contribution in [1.29, 1.82) is 5.26 Å². The molecule has 0 atom stereocenters. The predicted octanol–water partition coefficient (Wildman–Crippen LogP) is 3.44. The molecule has 0 spiro atoms. The molecule has 1 amide bonds. The van der Waals surface area contributed by atoms with Crippen LogP contribution in [0.3, 0.4) is 0 Å². The largest absolute Gasteiger partial charge is 0.302 e. The minimum Gasteiger partial charge on any atom is -0.302 e. The first-order chi connectivity index (χ1) is 11.3. The topological polar surface area (TPSA) is 69.0 Å². The highest BCUT2D eigenvalue weighted by Crippen LogP contribution is 2.29. The van der Waals surface area contributed by atoms with Crippen LogP contribution in [0.4, 0.5) is 5.13 Å². The zero-order valence-electron chi connectivity index (χ0n) is 12.7. The van der Waals surface area contributed by atoms with Crippen LogP contribution in [0.25, 0.3) is 10.6 Å². The van der Waals surface area contributed by atoms with E-state index < -0.39 is 0 Å². The van der Waals surface area contributed by atoms with Crippen molar-refractivity contribution >= 4 is 33.7 Å². The molecule has 1 saturated heterocycles. The molecule has 1 aliphatic heterocycles. The summed E-state index contributed by atoms with van der Waals surface area (Å²) in [5.41, 5.74) is 0.923. The minimum absolute atomic E-state index is 0.0439. The normalized spacial score (nSPS) is 16.1. The molecule has 1 aliphatic rings. The van der Waals surface area contributed by atoms with Gasteiger partial charge in [0, 0.05) is 24.3 Å². The summed E-state index contributed by atoms with van der Waals surface area (Å²) in [7, 11) is 0. The van der Waals surface area contributed by atoms with Crippen molar-refractivity contribution in [3.8, 4) is 16.6 Å². The van der Waals surface area contributed by atoms with Gasteiger partial charge in [0.1, 0.15) is 0 Å². The SMILES string of the molecule is N#CCCN1CCC(C(=O)Nc2nc(-c3cccs3)cs2)CC1. The van der Waals surface area contributed by atoms with Crippen molar-refractivity contribution in [2.75, 3.05) is 25.0 Å². The lowest BCUT2D eigenvalue weighted by atomic mass is 9.96. The number of thiazole rings is 1. The molecule has 0 bridgehead atoms. The number of carbonyl (C=O) groups is 1. The maximum atomic E-state index is 12.4. The summed E-state index contributed by atoms with van der Waals surface area (Å²) < 4.78 is 0. The number of thiophene rings is 1. The van der Waals surface area contributed by atoms with Crippen molar-refractivity contribution < 1.29 is 4.79 Å². The van der Waals surface area contributed by atoms with E-state index in [-0.39, 0.29) is 11.8 Å². The molecule has 0 aromatic carbocycles. The second-order valence-corrected chi connectivity index (χ2v) is 7.33. The fraction of sp³-hybridized carbons (Fsp3) is 0.438. The molecular weight excluding hydrogens is 328 g/mol. The molecule has 0 unspecified atom stereocenters. The number of anilines is 1. The van der Waals surface area contributed by atoms with E-state index in [1.807, 2.05) is 22.9 Å². The molecule has 23 heavy (non-hydrogen) atoms. The van der Waals surface area contributed by atoms with Gasteiger partial charge in [0.15, 0.2) is 5.13 Å². The summed E-state index contributed by atoms with van der Waals surface area (Å²) in [5, 5.41) is 16.3. The van der Waals surface area contributed by atoms with Crippen LogP contribution in [0.1, 0.15) is 19.3 Å². The van der Waals surface area contributed by atoms with Crippen LogP contribution in [0.5, 0.6) is 0 Å². The number of hydrogen-bond donors (Lipinski definition) is 1. The molecule has 0 saturated carbocycles. The maximum absolute atomic E-state index is 12.4. The minimum atomic E-state index is 0.0439. The molecule has 2 aromatic rings. The summed E-state index contributed by atoms with van der Waals surface area (Å²) in [6, 6.07) is 6.20. The van der Waals surface area contributed by atoms with E-state index in [2.05, 4.69) is 21.3 Å². The molecule has 0 aliphatic carbocycles. The number of piperidine rings is 1. The fourth-order valence-electron chi connectivity index (χ4n) is 2.70. The van der Waals surface area contributed by atoms with Crippen LogP contribution in [0.15, 0.2) is 22.9 Å². The molecule has 0 radical (unpaired) electrons. The number of hydrogen-bond acceptors (Lipinski definition) is 6. The number of amides is 1. The van der Waals surface area contributed by atoms with E-state index in [1.165, 1.54) is 11.3 Å². The van der Waals surface area contributed by atoms with Crippen molar-refractivity contribution in [3.05, 3.63) is 22.9 Å². The van der Waals surface area contributed by atoms with Crippen molar-refractivity contribution in [2.45, 2.75) is 19.3 Å². The molecular formula is C16H18N4OS2. The smallest absolute Gasteiger partial charge is 0.229 e. The Morgan fingerprint density at radius 3 is 2.96 bits per heavy atom. The van der Waals surface area contributed by atoms with E-state index in [0.29, 0.717) is 11.6 Å². The summed E-state index contributed by atoms with van der Waals surface area (Å²) in [6.45, 7) is 2.58. The number of likely N-dealkylation sites (tertiary alicyclic amines) is 1. The van der Waals surface area contributed by atoms with Crippen LogP contribution in [0, 0.1) is 17.2 Å². The van der Waals surface area contributed by atoms with Gasteiger partial charge in [0.05, 0.1) is 16.6 Å². The highest BCUT2D eigenvalue weighted by atomic mass is 32.1. The zero-order chi connectivity index (χ0) is 16.1. The summed E-state index contributed by atoms with van der Waals surface area (Å²) in [6.07, 6.45) is 2.25. The second-order valence-electron chi connectivity index (χ2n) is 5.53. The van der Waals surface area contributed by atoms with Gasteiger partial charge in [-0.3, -0.25) is 4.79 Å². The van der Waals surface area contributed by atoms with Gasteiger partial charge in [0.2, 0.25) is 5.91 Å². The van der Waals surface area contributed by atoms with Crippen molar-refractivity contribution in [2.24, 2.45) is 5.92 Å². The average Bonchev–Trinajstić information content (AvgIpc) is 3.24. The van der Waals surface area contributed by atoms with Crippen LogP contribution in [0.2, 0.25) is 0 Å². The zero-order valence-corrected chi connectivity index (χ0v) is 14.3. The lowest BCUT2D eigenvalue weighted by Crippen LogP contribution is -2.38. The third-order valence-electron chi connectivity index (χ3n) is 4.01. The van der Waals surface area contributed by atoms with Crippen LogP contribution >= 0.6 is 22.7 Å². The van der Waals surface area contributed by atoms with Gasteiger partial charge in [-0.2, -0.15) is 5.26 Å². The molecule has 120 valence electrons. The van der Waals surface area contributed by atoms with Gasteiger partial charge in [-0.05, 0) is 37.4 Å². The number of nitrogens with one attached hydrogen (secondary N) is 1. The van der Waals surface area contributed by atoms with E-state index in [0.717, 1.165) is 43.0 Å². The first kappa shape index (κ1) is 16.1. The molecule has 3 rings (SSSR count). The Bertz CT molecular complexity index is 681. The number of nitrogens with zero attached hydrogens (tertiary/aromatic N) is 3. The van der Waals surface area contributed by atoms with Gasteiger partial charge in [0.25, 0.3) is 0 Å². The quantitative estimate of drug-likeness (QED) is 0.900. The molecule has 1 fully saturated rings. The van der Waals surface area contributed by atoms with Gasteiger partial charge in [-0.15, -0.1) is 22.7 Å². The van der Waals surface area contributed by atoms with Crippen molar-refractivity contribution in [1.82, 2.24) is 9.88 Å². The van der Waals surface area contributed by atoms with E-state index in [9.17, 15) is 4.79 Å². The van der Waals surface area contributed by atoms with Crippen LogP contribution in [-0.4, -0.2) is 35.4 Å². The highest BCUT2D eigenvalue weighted by molar-refractivity contribution is 7.16. The van der Waals surface area contributed by atoms with E-state index >= 15 is 0 Å². The first-order valence-corrected chi connectivity index (χ1v) is 9.42. The van der Waals surface area contributed by atoms with Gasteiger partial charge >= 0.3 is 0 Å². The number of nitriles is 1. The first-order valence-electron chi connectivity index (χ1n) is 7.66. The molecule has 3 heterocycles. The van der Waals surface area contributed by atoms with Crippen LogP contribution in [-0.2, 0) is 4.79 Å². The van der Waals surface area contributed by atoms with E-state index in [4.69, 9.17) is 5.26 Å². The summed E-state index contributed by atoms with van der Waals surface area (Å²) in [5.74, 6) is 0.111. The van der Waals surface area contributed by atoms with Crippen LogP contribution < -0.4 is 5.32 Å². The van der Waals surface area contributed by atoms with Gasteiger partial charge in [-0.1, -0.05) is 6.07 Å². The van der Waals surface area contributed by atoms with E-state index in [1.54, 1.807) is 11.3 Å². The Kier molecular flexibility index (Phi) is 5.39. The maximum Gasteiger partial charge on any atom is 0.229 e. The molecule has 7 heteroatoms. The lowest BCUT2D eigenvalue weighted by Gasteiger charge is -2.30. The molecule has 5 nitrogen and oxygen atoms in total. The Labute approximate surface area is 143 Å². The Hall–Kier alpha value is -1.75. The average molecular weight is 346 g/mol.